The monoisotopic (exact) mass is 454 g/mol. The van der Waals surface area contributed by atoms with Crippen LogP contribution in [-0.4, -0.2) is 45.0 Å². The fourth-order valence-corrected chi connectivity index (χ4v) is 4.39. The second-order valence-electron chi connectivity index (χ2n) is 8.54. The first-order chi connectivity index (χ1) is 16.1. The SMILES string of the molecule is COCCn1cnc2c1c(=O)n(CC(=O)OCC1CCCCC1)c(=O)n2Cc1ccccc1. The maximum atomic E-state index is 13.3. The average molecular weight is 455 g/mol. The van der Waals surface area contributed by atoms with Crippen LogP contribution in [0.1, 0.15) is 37.7 Å². The lowest BCUT2D eigenvalue weighted by Gasteiger charge is -2.21. The molecule has 0 unspecified atom stereocenters. The lowest BCUT2D eigenvalue weighted by atomic mass is 9.90. The number of hydrogen-bond donors (Lipinski definition) is 0. The van der Waals surface area contributed by atoms with Crippen molar-refractivity contribution in [1.82, 2.24) is 18.7 Å². The maximum Gasteiger partial charge on any atom is 0.333 e. The number of carbonyl (C=O) groups excluding carboxylic acids is 1. The normalized spacial score (nSPS) is 14.6. The van der Waals surface area contributed by atoms with Crippen molar-refractivity contribution >= 4 is 17.1 Å². The number of fused-ring (bicyclic) bond motifs is 1. The highest BCUT2D eigenvalue weighted by molar-refractivity contribution is 5.72. The number of hydrogen-bond acceptors (Lipinski definition) is 6. The summed E-state index contributed by atoms with van der Waals surface area (Å²) in [6, 6.07) is 9.45. The first-order valence-electron chi connectivity index (χ1n) is 11.5. The Kier molecular flexibility index (Phi) is 7.39. The van der Waals surface area contributed by atoms with Gasteiger partial charge in [-0.3, -0.25) is 14.2 Å². The van der Waals surface area contributed by atoms with Gasteiger partial charge in [0.25, 0.3) is 5.56 Å². The summed E-state index contributed by atoms with van der Waals surface area (Å²) >= 11 is 0. The van der Waals surface area contributed by atoms with Gasteiger partial charge in [0.15, 0.2) is 11.2 Å². The van der Waals surface area contributed by atoms with E-state index in [9.17, 15) is 14.4 Å². The van der Waals surface area contributed by atoms with Crippen LogP contribution in [-0.2, 0) is 33.9 Å². The molecule has 2 heterocycles. The summed E-state index contributed by atoms with van der Waals surface area (Å²) in [6.07, 6.45) is 7.13. The van der Waals surface area contributed by atoms with Crippen molar-refractivity contribution in [3.05, 3.63) is 63.1 Å². The summed E-state index contributed by atoms with van der Waals surface area (Å²) in [5.74, 6) is -0.222. The summed E-state index contributed by atoms with van der Waals surface area (Å²) in [5, 5.41) is 0. The molecular formula is C24H30N4O5. The molecule has 1 aliphatic carbocycles. The van der Waals surface area contributed by atoms with E-state index < -0.39 is 23.8 Å². The number of methoxy groups -OCH3 is 1. The summed E-state index contributed by atoms with van der Waals surface area (Å²) in [6.45, 7) is 0.920. The number of carbonyl (C=O) groups is 1. The highest BCUT2D eigenvalue weighted by atomic mass is 16.5. The van der Waals surface area contributed by atoms with Gasteiger partial charge in [0, 0.05) is 13.7 Å². The summed E-state index contributed by atoms with van der Waals surface area (Å²) in [7, 11) is 1.57. The van der Waals surface area contributed by atoms with Gasteiger partial charge in [0.1, 0.15) is 6.54 Å². The lowest BCUT2D eigenvalue weighted by Crippen LogP contribution is -2.43. The van der Waals surface area contributed by atoms with E-state index in [1.54, 1.807) is 11.7 Å². The van der Waals surface area contributed by atoms with Gasteiger partial charge in [-0.15, -0.1) is 0 Å². The zero-order valence-corrected chi connectivity index (χ0v) is 18.9. The van der Waals surface area contributed by atoms with Crippen molar-refractivity contribution in [3.8, 4) is 0 Å². The standard InChI is InChI=1S/C24H30N4O5/c1-32-13-12-26-17-25-22-21(26)23(30)28(15-20(29)33-16-19-10-6-3-7-11-19)24(31)27(22)14-18-8-4-2-5-9-18/h2,4-5,8-9,17,19H,3,6-7,10-16H2,1H3. The van der Waals surface area contributed by atoms with Crippen LogP contribution in [0.5, 0.6) is 0 Å². The molecule has 33 heavy (non-hydrogen) atoms. The van der Waals surface area contributed by atoms with E-state index in [-0.39, 0.29) is 17.7 Å². The van der Waals surface area contributed by atoms with Crippen LogP contribution >= 0.6 is 0 Å². The quantitative estimate of drug-likeness (QED) is 0.460. The Bertz CT molecular complexity index is 1210. The molecule has 0 N–H and O–H groups in total. The molecule has 9 heteroatoms. The van der Waals surface area contributed by atoms with Gasteiger partial charge < -0.3 is 14.0 Å². The van der Waals surface area contributed by atoms with Crippen molar-refractivity contribution in [2.45, 2.75) is 51.7 Å². The summed E-state index contributed by atoms with van der Waals surface area (Å²) < 4.78 is 14.6. The Morgan fingerprint density at radius 3 is 2.58 bits per heavy atom. The third-order valence-corrected chi connectivity index (χ3v) is 6.20. The molecule has 3 aromatic rings. The molecule has 2 aromatic heterocycles. The number of ether oxygens (including phenoxy) is 2. The van der Waals surface area contributed by atoms with Crippen molar-refractivity contribution in [1.29, 1.82) is 0 Å². The van der Waals surface area contributed by atoms with Crippen LogP contribution in [0.3, 0.4) is 0 Å². The summed E-state index contributed by atoms with van der Waals surface area (Å²) in [5.41, 5.74) is 0.308. The van der Waals surface area contributed by atoms with E-state index in [4.69, 9.17) is 9.47 Å². The van der Waals surface area contributed by atoms with Crippen molar-refractivity contribution in [2.24, 2.45) is 5.92 Å². The van der Waals surface area contributed by atoms with Gasteiger partial charge in [-0.2, -0.15) is 0 Å². The van der Waals surface area contributed by atoms with Gasteiger partial charge in [0.2, 0.25) is 0 Å². The predicted molar refractivity (Wildman–Crippen MR) is 123 cm³/mol. The van der Waals surface area contributed by atoms with E-state index in [1.807, 2.05) is 30.3 Å². The largest absolute Gasteiger partial charge is 0.464 e. The zero-order valence-electron chi connectivity index (χ0n) is 18.9. The highest BCUT2D eigenvalue weighted by Crippen LogP contribution is 2.23. The van der Waals surface area contributed by atoms with E-state index in [2.05, 4.69) is 4.98 Å². The van der Waals surface area contributed by atoms with Crippen molar-refractivity contribution < 1.29 is 14.3 Å². The number of aromatic nitrogens is 4. The fourth-order valence-electron chi connectivity index (χ4n) is 4.39. The van der Waals surface area contributed by atoms with Gasteiger partial charge in [0.05, 0.1) is 26.1 Å². The predicted octanol–water partition coefficient (Wildman–Crippen LogP) is 2.18. The number of esters is 1. The fraction of sp³-hybridized carbons (Fsp3) is 0.500. The molecule has 9 nitrogen and oxygen atoms in total. The van der Waals surface area contributed by atoms with Crippen LogP contribution in [0.25, 0.3) is 11.2 Å². The van der Waals surface area contributed by atoms with Gasteiger partial charge >= 0.3 is 11.7 Å². The number of imidazole rings is 1. The first-order valence-corrected chi connectivity index (χ1v) is 11.5. The minimum atomic E-state index is -0.581. The van der Waals surface area contributed by atoms with Crippen LogP contribution in [0.4, 0.5) is 0 Å². The zero-order chi connectivity index (χ0) is 23.2. The third kappa shape index (κ3) is 5.24. The molecule has 0 saturated heterocycles. The molecule has 0 aliphatic heterocycles. The van der Waals surface area contributed by atoms with Crippen LogP contribution in [0.2, 0.25) is 0 Å². The van der Waals surface area contributed by atoms with Gasteiger partial charge in [-0.05, 0) is 24.3 Å². The van der Waals surface area contributed by atoms with E-state index in [0.717, 1.165) is 35.8 Å². The highest BCUT2D eigenvalue weighted by Gasteiger charge is 2.21. The van der Waals surface area contributed by atoms with Crippen LogP contribution in [0.15, 0.2) is 46.2 Å². The Hall–Kier alpha value is -3.20. The number of benzene rings is 1. The molecule has 1 aliphatic rings. The molecular weight excluding hydrogens is 424 g/mol. The minimum Gasteiger partial charge on any atom is -0.464 e. The topological polar surface area (TPSA) is 97.4 Å². The second kappa shape index (κ2) is 10.6. The smallest absolute Gasteiger partial charge is 0.333 e. The van der Waals surface area contributed by atoms with Gasteiger partial charge in [-0.1, -0.05) is 49.6 Å². The molecule has 0 spiro atoms. The maximum absolute atomic E-state index is 13.3. The molecule has 1 saturated carbocycles. The second-order valence-corrected chi connectivity index (χ2v) is 8.54. The lowest BCUT2D eigenvalue weighted by molar-refractivity contribution is -0.146. The first kappa shape index (κ1) is 23.0. The number of nitrogens with zero attached hydrogens (tertiary/aromatic N) is 4. The minimum absolute atomic E-state index is 0.231. The summed E-state index contributed by atoms with van der Waals surface area (Å²) in [4.78, 5) is 43.5. The molecule has 0 amide bonds. The Labute approximate surface area is 191 Å². The Balaban J connectivity index is 1.67. The Morgan fingerprint density at radius 2 is 1.85 bits per heavy atom. The Morgan fingerprint density at radius 1 is 1.09 bits per heavy atom. The van der Waals surface area contributed by atoms with E-state index >= 15 is 0 Å². The molecule has 0 bridgehead atoms. The van der Waals surface area contributed by atoms with Crippen molar-refractivity contribution in [3.63, 3.8) is 0 Å². The molecule has 0 atom stereocenters. The molecule has 4 rings (SSSR count). The number of rotatable bonds is 9. The van der Waals surface area contributed by atoms with Crippen LogP contribution < -0.4 is 11.2 Å². The molecule has 1 fully saturated rings. The van der Waals surface area contributed by atoms with Crippen LogP contribution in [0, 0.1) is 5.92 Å². The van der Waals surface area contributed by atoms with Gasteiger partial charge in [-0.25, -0.2) is 14.3 Å². The van der Waals surface area contributed by atoms with E-state index in [1.165, 1.54) is 17.3 Å². The third-order valence-electron chi connectivity index (χ3n) is 6.20. The van der Waals surface area contributed by atoms with E-state index in [0.29, 0.717) is 25.7 Å². The van der Waals surface area contributed by atoms with Crippen molar-refractivity contribution in [2.75, 3.05) is 20.3 Å². The average Bonchev–Trinajstić information content (AvgIpc) is 3.27. The molecule has 1 aromatic carbocycles. The molecule has 0 radical (unpaired) electrons. The molecule has 176 valence electrons.